The van der Waals surface area contributed by atoms with Crippen molar-refractivity contribution in [2.45, 2.75) is 38.7 Å². The van der Waals surface area contributed by atoms with E-state index in [-0.39, 0.29) is 11.6 Å². The molecule has 2 atom stereocenters. The van der Waals surface area contributed by atoms with Crippen molar-refractivity contribution >= 4 is 11.9 Å². The Labute approximate surface area is 116 Å². The summed E-state index contributed by atoms with van der Waals surface area (Å²) in [4.78, 5) is 21.1. The number of aromatic nitrogens is 2. The van der Waals surface area contributed by atoms with Gasteiger partial charge in [0.1, 0.15) is 11.7 Å². The molecule has 1 aromatic rings. The topological polar surface area (TPSA) is 72.1 Å². The number of carbonyl (C=O) groups is 1. The van der Waals surface area contributed by atoms with Crippen molar-refractivity contribution in [1.82, 2.24) is 9.97 Å². The minimum absolute atomic E-state index is 0.139. The summed E-state index contributed by atoms with van der Waals surface area (Å²) in [6, 6.07) is 0.634. The molecule has 1 aromatic heterocycles. The second-order valence-corrected chi connectivity index (χ2v) is 5.37. The summed E-state index contributed by atoms with van der Waals surface area (Å²) in [6.45, 7) is 3.35. The lowest BCUT2D eigenvalue weighted by Crippen LogP contribution is -2.50. The van der Waals surface area contributed by atoms with Crippen LogP contribution in [-0.2, 0) is 10.7 Å². The highest BCUT2D eigenvalue weighted by atomic mass is 19.3. The number of carbonyl (C=O) groups excluding carboxylic acids is 1. The van der Waals surface area contributed by atoms with Crippen molar-refractivity contribution in [3.8, 4) is 0 Å². The largest absolute Gasteiger partial charge is 0.368 e. The fourth-order valence-corrected chi connectivity index (χ4v) is 2.38. The zero-order valence-electron chi connectivity index (χ0n) is 11.5. The van der Waals surface area contributed by atoms with Gasteiger partial charge in [0.05, 0.1) is 0 Å². The average Bonchev–Trinajstić information content (AvgIpc) is 2.37. The molecule has 1 amide bonds. The Balaban J connectivity index is 2.32. The Bertz CT molecular complexity index is 503. The van der Waals surface area contributed by atoms with Gasteiger partial charge < -0.3 is 10.6 Å². The fraction of sp³-hybridized carbons (Fsp3) is 0.615. The molecule has 0 bridgehead atoms. The van der Waals surface area contributed by atoms with Gasteiger partial charge in [-0.3, -0.25) is 4.79 Å². The van der Waals surface area contributed by atoms with Crippen LogP contribution < -0.4 is 10.6 Å². The highest BCUT2D eigenvalue weighted by molar-refractivity contribution is 5.83. The van der Waals surface area contributed by atoms with E-state index in [0.717, 1.165) is 13.3 Å². The van der Waals surface area contributed by atoms with Gasteiger partial charge in [-0.25, -0.2) is 9.97 Å². The predicted molar refractivity (Wildman–Crippen MR) is 70.3 cm³/mol. The third-order valence-corrected chi connectivity index (χ3v) is 3.54. The summed E-state index contributed by atoms with van der Waals surface area (Å²) in [6.07, 6.45) is 2.72. The van der Waals surface area contributed by atoms with Crippen LogP contribution in [0.3, 0.4) is 0 Å². The number of nitrogens with two attached hydrogens (primary N) is 1. The first kappa shape index (κ1) is 14.6. The van der Waals surface area contributed by atoms with Crippen molar-refractivity contribution in [3.05, 3.63) is 18.0 Å². The Morgan fingerprint density at radius 2 is 2.25 bits per heavy atom. The monoisotopic (exact) mass is 284 g/mol. The molecular formula is C13H18F2N4O. The molecule has 110 valence electrons. The van der Waals surface area contributed by atoms with Gasteiger partial charge in [0.2, 0.25) is 11.9 Å². The summed E-state index contributed by atoms with van der Waals surface area (Å²) >= 11 is 0. The molecule has 1 aliphatic heterocycles. The van der Waals surface area contributed by atoms with Gasteiger partial charge in [-0.15, -0.1) is 0 Å². The predicted octanol–water partition coefficient (Wildman–Crippen LogP) is 1.68. The van der Waals surface area contributed by atoms with E-state index in [1.807, 2.05) is 6.92 Å². The Hall–Kier alpha value is -1.79. The number of nitrogens with zero attached hydrogens (tertiary/aromatic N) is 3. The minimum atomic E-state index is -3.04. The lowest BCUT2D eigenvalue weighted by molar-refractivity contribution is -0.120. The number of primary amides is 1. The molecule has 20 heavy (non-hydrogen) atoms. The number of amides is 1. The van der Waals surface area contributed by atoms with Crippen LogP contribution in [-0.4, -0.2) is 28.5 Å². The van der Waals surface area contributed by atoms with E-state index in [0.29, 0.717) is 18.9 Å². The first-order valence-electron chi connectivity index (χ1n) is 6.56. The minimum Gasteiger partial charge on any atom is -0.368 e. The summed E-state index contributed by atoms with van der Waals surface area (Å²) in [7, 11) is 0. The van der Waals surface area contributed by atoms with E-state index in [1.54, 1.807) is 4.90 Å². The Morgan fingerprint density at radius 3 is 2.85 bits per heavy atom. The molecule has 2 rings (SSSR count). The summed E-state index contributed by atoms with van der Waals surface area (Å²) in [5.74, 6) is -3.02. The van der Waals surface area contributed by atoms with Crippen LogP contribution in [0.2, 0.25) is 0 Å². The molecule has 0 spiro atoms. The fourth-order valence-electron chi connectivity index (χ4n) is 2.38. The van der Waals surface area contributed by atoms with Crippen LogP contribution in [0.5, 0.6) is 0 Å². The average molecular weight is 284 g/mol. The van der Waals surface area contributed by atoms with Gasteiger partial charge in [-0.1, -0.05) is 6.92 Å². The number of hydrogen-bond acceptors (Lipinski definition) is 4. The van der Waals surface area contributed by atoms with Crippen LogP contribution in [0.15, 0.2) is 12.3 Å². The van der Waals surface area contributed by atoms with Crippen LogP contribution >= 0.6 is 0 Å². The molecule has 0 saturated carbocycles. The zero-order chi connectivity index (χ0) is 14.9. The normalized spacial score (nSPS) is 23.7. The van der Waals surface area contributed by atoms with Crippen LogP contribution in [0, 0.1) is 5.92 Å². The number of hydrogen-bond donors (Lipinski definition) is 1. The van der Waals surface area contributed by atoms with Gasteiger partial charge >= 0.3 is 0 Å². The van der Waals surface area contributed by atoms with E-state index in [4.69, 9.17) is 5.73 Å². The van der Waals surface area contributed by atoms with E-state index in [9.17, 15) is 13.6 Å². The molecule has 0 radical (unpaired) electrons. The van der Waals surface area contributed by atoms with Gasteiger partial charge in [-0.2, -0.15) is 8.78 Å². The summed E-state index contributed by atoms with van der Waals surface area (Å²) in [5.41, 5.74) is 5.04. The Kier molecular flexibility index (Phi) is 3.87. The molecule has 2 heterocycles. The van der Waals surface area contributed by atoms with E-state index >= 15 is 0 Å². The van der Waals surface area contributed by atoms with E-state index in [1.165, 1.54) is 12.3 Å². The summed E-state index contributed by atoms with van der Waals surface area (Å²) < 4.78 is 26.6. The second-order valence-electron chi connectivity index (χ2n) is 5.37. The summed E-state index contributed by atoms with van der Waals surface area (Å²) in [5, 5.41) is 0. The maximum Gasteiger partial charge on any atom is 0.287 e. The van der Waals surface area contributed by atoms with Crippen LogP contribution in [0.4, 0.5) is 14.7 Å². The quantitative estimate of drug-likeness (QED) is 0.916. The van der Waals surface area contributed by atoms with Gasteiger partial charge in [0, 0.05) is 19.7 Å². The van der Waals surface area contributed by atoms with Crippen molar-refractivity contribution in [2.75, 3.05) is 11.4 Å². The van der Waals surface area contributed by atoms with Gasteiger partial charge in [-0.05, 0) is 24.8 Å². The lowest BCUT2D eigenvalue weighted by atomic mass is 9.92. The van der Waals surface area contributed by atoms with Crippen molar-refractivity contribution in [1.29, 1.82) is 0 Å². The van der Waals surface area contributed by atoms with Crippen molar-refractivity contribution in [2.24, 2.45) is 11.7 Å². The van der Waals surface area contributed by atoms with Crippen LogP contribution in [0.1, 0.15) is 32.4 Å². The number of piperidine rings is 1. The third kappa shape index (κ3) is 3.02. The van der Waals surface area contributed by atoms with Crippen molar-refractivity contribution < 1.29 is 13.6 Å². The first-order chi connectivity index (χ1) is 9.29. The van der Waals surface area contributed by atoms with Crippen LogP contribution in [0.25, 0.3) is 0 Å². The van der Waals surface area contributed by atoms with Crippen molar-refractivity contribution in [3.63, 3.8) is 0 Å². The zero-order valence-corrected chi connectivity index (χ0v) is 11.5. The maximum atomic E-state index is 13.3. The first-order valence-corrected chi connectivity index (χ1v) is 6.56. The standard InChI is InChI=1S/C13H18F2N4O/c1-8-4-6-19(9(7-8)11(16)20)12-17-5-3-10(18-12)13(2,14)15/h3,5,8-9H,4,6-7H2,1-2H3,(H2,16,20). The molecule has 1 fully saturated rings. The molecule has 2 N–H and O–H groups in total. The molecule has 1 saturated heterocycles. The lowest BCUT2D eigenvalue weighted by Gasteiger charge is -2.36. The number of anilines is 1. The molecular weight excluding hydrogens is 266 g/mol. The molecule has 5 nitrogen and oxygen atoms in total. The third-order valence-electron chi connectivity index (χ3n) is 3.54. The number of rotatable bonds is 3. The highest BCUT2D eigenvalue weighted by Crippen LogP contribution is 2.29. The maximum absolute atomic E-state index is 13.3. The van der Waals surface area contributed by atoms with Gasteiger partial charge in [0.15, 0.2) is 0 Å². The van der Waals surface area contributed by atoms with E-state index < -0.39 is 17.9 Å². The molecule has 2 unspecified atom stereocenters. The highest BCUT2D eigenvalue weighted by Gasteiger charge is 2.33. The van der Waals surface area contributed by atoms with Gasteiger partial charge in [0.25, 0.3) is 5.92 Å². The molecule has 0 aliphatic carbocycles. The smallest absolute Gasteiger partial charge is 0.287 e. The molecule has 7 heteroatoms. The number of halogens is 2. The van der Waals surface area contributed by atoms with E-state index in [2.05, 4.69) is 9.97 Å². The number of alkyl halides is 2. The second kappa shape index (κ2) is 5.30. The molecule has 0 aromatic carbocycles. The SMILES string of the molecule is CC1CCN(c2nccc(C(C)(F)F)n2)C(C(N)=O)C1. The molecule has 1 aliphatic rings. The Morgan fingerprint density at radius 1 is 1.55 bits per heavy atom.